The number of hydrogen-bond donors (Lipinski definition) is 0. The second-order valence-corrected chi connectivity index (χ2v) is 2.96. The number of carbonyl (C=O) groups excluding carboxylic acids is 1. The van der Waals surface area contributed by atoms with Gasteiger partial charge in [-0.1, -0.05) is 29.3 Å². The lowest BCUT2D eigenvalue weighted by Crippen LogP contribution is -1.74. The van der Waals surface area contributed by atoms with Gasteiger partial charge in [0.1, 0.15) is 0 Å². The largest absolute Gasteiger partial charge is 0.286 e. The summed E-state index contributed by atoms with van der Waals surface area (Å²) in [4.78, 5) is 9.88. The third-order valence-electron chi connectivity index (χ3n) is 1.29. The first-order valence-electron chi connectivity index (χ1n) is 3.23. The van der Waals surface area contributed by atoms with Crippen molar-refractivity contribution in [3.8, 4) is 0 Å². The Balaban J connectivity index is 3.01. The Bertz CT molecular complexity index is 318. The number of allylic oxidation sites excluding steroid dienone is 1. The van der Waals surface area contributed by atoms with Gasteiger partial charge in [0.2, 0.25) is 6.29 Å². The molecule has 1 nitrogen and oxygen atoms in total. The van der Waals surface area contributed by atoms with Gasteiger partial charge in [0, 0.05) is 10.0 Å². The summed E-state index contributed by atoms with van der Waals surface area (Å²) in [5, 5.41) is 1.10. The molecule has 0 saturated heterocycles. The zero-order chi connectivity index (χ0) is 8.97. The second kappa shape index (κ2) is 4.29. The van der Waals surface area contributed by atoms with Crippen LogP contribution in [0.2, 0.25) is 10.0 Å². The standard InChI is InChI=1S/C9H5Cl2O/c10-8-4-3-7(2-1-5-12)9(11)6-8/h1-4,6H/b2-1+. The molecule has 0 amide bonds. The van der Waals surface area contributed by atoms with Gasteiger partial charge >= 0.3 is 0 Å². The molecule has 0 aliphatic rings. The average molecular weight is 200 g/mol. The summed E-state index contributed by atoms with van der Waals surface area (Å²) in [5.74, 6) is 0. The van der Waals surface area contributed by atoms with Gasteiger partial charge in [-0.3, -0.25) is 4.79 Å². The van der Waals surface area contributed by atoms with Gasteiger partial charge in [0.25, 0.3) is 0 Å². The van der Waals surface area contributed by atoms with Crippen LogP contribution in [0.5, 0.6) is 0 Å². The molecule has 0 heterocycles. The molecule has 1 radical (unpaired) electrons. The number of halogens is 2. The van der Waals surface area contributed by atoms with Crippen LogP contribution in [0, 0.1) is 0 Å². The summed E-state index contributed by atoms with van der Waals surface area (Å²) >= 11 is 11.5. The van der Waals surface area contributed by atoms with Crippen molar-refractivity contribution in [3.63, 3.8) is 0 Å². The maximum atomic E-state index is 9.88. The van der Waals surface area contributed by atoms with Crippen molar-refractivity contribution in [2.24, 2.45) is 0 Å². The van der Waals surface area contributed by atoms with E-state index in [0.29, 0.717) is 10.0 Å². The lowest BCUT2D eigenvalue weighted by molar-refractivity contribution is 0.564. The summed E-state index contributed by atoms with van der Waals surface area (Å²) < 4.78 is 0. The molecule has 0 aromatic heterocycles. The van der Waals surface area contributed by atoms with Gasteiger partial charge < -0.3 is 0 Å². The number of benzene rings is 1. The molecule has 1 aromatic rings. The minimum absolute atomic E-state index is 0.522. The fourth-order valence-corrected chi connectivity index (χ4v) is 1.23. The first-order valence-corrected chi connectivity index (χ1v) is 3.99. The highest BCUT2D eigenvalue weighted by Crippen LogP contribution is 2.21. The van der Waals surface area contributed by atoms with Gasteiger partial charge in [-0.05, 0) is 29.8 Å². The number of rotatable bonds is 2. The van der Waals surface area contributed by atoms with Crippen molar-refractivity contribution in [1.29, 1.82) is 0 Å². The zero-order valence-corrected chi connectivity index (χ0v) is 7.56. The molecule has 61 valence electrons. The van der Waals surface area contributed by atoms with Crippen LogP contribution < -0.4 is 0 Å². The zero-order valence-electron chi connectivity index (χ0n) is 6.05. The van der Waals surface area contributed by atoms with E-state index < -0.39 is 0 Å². The Hall–Kier alpha value is -0.790. The molecular formula is C9H5Cl2O. The smallest absolute Gasteiger partial charge is 0.225 e. The van der Waals surface area contributed by atoms with Crippen molar-refractivity contribution < 1.29 is 4.79 Å². The molecule has 0 spiro atoms. The summed E-state index contributed by atoms with van der Waals surface area (Å²) in [6.07, 6.45) is 4.47. The van der Waals surface area contributed by atoms with Crippen molar-refractivity contribution in [2.45, 2.75) is 0 Å². The molecule has 0 bridgehead atoms. The predicted octanol–water partition coefficient (Wildman–Crippen LogP) is 3.12. The molecule has 0 aliphatic carbocycles. The van der Waals surface area contributed by atoms with Crippen LogP contribution in [-0.4, -0.2) is 6.29 Å². The van der Waals surface area contributed by atoms with E-state index in [1.807, 2.05) is 0 Å². The van der Waals surface area contributed by atoms with Crippen molar-refractivity contribution in [2.75, 3.05) is 0 Å². The van der Waals surface area contributed by atoms with Gasteiger partial charge in [0.05, 0.1) is 0 Å². The van der Waals surface area contributed by atoms with Crippen molar-refractivity contribution >= 4 is 35.6 Å². The first-order chi connectivity index (χ1) is 5.74. The quantitative estimate of drug-likeness (QED) is 0.670. The molecule has 0 unspecified atom stereocenters. The maximum absolute atomic E-state index is 9.88. The van der Waals surface area contributed by atoms with Gasteiger partial charge in [0.15, 0.2) is 0 Å². The van der Waals surface area contributed by atoms with Crippen LogP contribution in [0.25, 0.3) is 6.08 Å². The van der Waals surface area contributed by atoms with E-state index in [1.165, 1.54) is 6.08 Å². The highest BCUT2D eigenvalue weighted by Gasteiger charge is 1.96. The highest BCUT2D eigenvalue weighted by atomic mass is 35.5. The van der Waals surface area contributed by atoms with E-state index >= 15 is 0 Å². The minimum Gasteiger partial charge on any atom is -0.286 e. The summed E-state index contributed by atoms with van der Waals surface area (Å²) in [6, 6.07) is 5.06. The van der Waals surface area contributed by atoms with E-state index in [0.717, 1.165) is 5.56 Å². The third-order valence-corrected chi connectivity index (χ3v) is 1.86. The predicted molar refractivity (Wildman–Crippen MR) is 51.2 cm³/mol. The lowest BCUT2D eigenvalue weighted by Gasteiger charge is -1.96. The third kappa shape index (κ3) is 2.36. The van der Waals surface area contributed by atoms with E-state index in [9.17, 15) is 4.79 Å². The Kier molecular flexibility index (Phi) is 3.32. The van der Waals surface area contributed by atoms with E-state index in [2.05, 4.69) is 0 Å². The fourth-order valence-electron chi connectivity index (χ4n) is 0.760. The van der Waals surface area contributed by atoms with Crippen LogP contribution in [0.3, 0.4) is 0 Å². The molecule has 1 rings (SSSR count). The van der Waals surface area contributed by atoms with E-state index in [-0.39, 0.29) is 0 Å². The summed E-state index contributed by atoms with van der Waals surface area (Å²) in [5.41, 5.74) is 0.754. The van der Waals surface area contributed by atoms with Gasteiger partial charge in [-0.15, -0.1) is 0 Å². The maximum Gasteiger partial charge on any atom is 0.225 e. The SMILES string of the molecule is O=[C]/C=C/c1ccc(Cl)cc1Cl. The topological polar surface area (TPSA) is 17.1 Å². The molecule has 0 fully saturated rings. The van der Waals surface area contributed by atoms with E-state index in [1.54, 1.807) is 30.6 Å². The molecule has 12 heavy (non-hydrogen) atoms. The van der Waals surface area contributed by atoms with Crippen LogP contribution in [0.15, 0.2) is 24.3 Å². The normalized spacial score (nSPS) is 10.5. The highest BCUT2D eigenvalue weighted by molar-refractivity contribution is 6.35. The Morgan fingerprint density at radius 2 is 2.08 bits per heavy atom. The summed E-state index contributed by atoms with van der Waals surface area (Å²) in [6.45, 7) is 0. The van der Waals surface area contributed by atoms with Crippen LogP contribution >= 0.6 is 23.2 Å². The second-order valence-electron chi connectivity index (χ2n) is 2.12. The molecular weight excluding hydrogens is 195 g/mol. The van der Waals surface area contributed by atoms with Crippen LogP contribution in [0.4, 0.5) is 0 Å². The van der Waals surface area contributed by atoms with Crippen molar-refractivity contribution in [3.05, 3.63) is 39.9 Å². The first kappa shape index (κ1) is 9.30. The molecule has 0 atom stereocenters. The molecule has 0 aliphatic heterocycles. The van der Waals surface area contributed by atoms with Crippen molar-refractivity contribution in [1.82, 2.24) is 0 Å². The molecule has 1 aromatic carbocycles. The molecule has 3 heteroatoms. The Labute approximate surface area is 80.6 Å². The van der Waals surface area contributed by atoms with Crippen LogP contribution in [-0.2, 0) is 4.79 Å². The van der Waals surface area contributed by atoms with Gasteiger partial charge in [-0.25, -0.2) is 0 Å². The Morgan fingerprint density at radius 3 is 2.67 bits per heavy atom. The monoisotopic (exact) mass is 199 g/mol. The molecule has 0 N–H and O–H groups in total. The average Bonchev–Trinajstić information content (AvgIpc) is 2.03. The minimum atomic E-state index is 0.522. The van der Waals surface area contributed by atoms with Crippen LogP contribution in [0.1, 0.15) is 5.56 Å². The lowest BCUT2D eigenvalue weighted by atomic mass is 10.2. The Morgan fingerprint density at radius 1 is 1.33 bits per heavy atom. The summed E-state index contributed by atoms with van der Waals surface area (Å²) in [7, 11) is 0. The number of hydrogen-bond acceptors (Lipinski definition) is 1. The molecule has 0 saturated carbocycles. The van der Waals surface area contributed by atoms with Gasteiger partial charge in [-0.2, -0.15) is 0 Å². The fraction of sp³-hybridized carbons (Fsp3) is 0. The van der Waals surface area contributed by atoms with E-state index in [4.69, 9.17) is 23.2 Å².